The molecule has 1 unspecified atom stereocenters. The Labute approximate surface area is 125 Å². The first-order chi connectivity index (χ1) is 9.76. The number of carbonyl (C=O) groups is 1. The van der Waals surface area contributed by atoms with Crippen LogP contribution < -0.4 is 14.8 Å². The van der Waals surface area contributed by atoms with Crippen LogP contribution in [0.15, 0.2) is 23.2 Å². The number of hydrogen-bond acceptors (Lipinski definition) is 5. The highest BCUT2D eigenvalue weighted by molar-refractivity contribution is 7.89. The zero-order valence-electron chi connectivity index (χ0n) is 12.6. The fourth-order valence-electron chi connectivity index (χ4n) is 1.52. The average Bonchev–Trinajstić information content (AvgIpc) is 2.38. The van der Waals surface area contributed by atoms with E-state index in [2.05, 4.69) is 15.0 Å². The van der Waals surface area contributed by atoms with Crippen LogP contribution in [0, 0.1) is 0 Å². The Morgan fingerprint density at radius 2 is 2.00 bits per heavy atom. The predicted molar refractivity (Wildman–Crippen MR) is 78.5 cm³/mol. The van der Waals surface area contributed by atoms with Crippen LogP contribution in [0.4, 0.5) is 0 Å². The summed E-state index contributed by atoms with van der Waals surface area (Å²) in [7, 11) is -3.80. The van der Waals surface area contributed by atoms with Gasteiger partial charge in [0, 0.05) is 12.6 Å². The molecule has 21 heavy (non-hydrogen) atoms. The van der Waals surface area contributed by atoms with Gasteiger partial charge in [-0.25, -0.2) is 13.4 Å². The highest BCUT2D eigenvalue weighted by Gasteiger charge is 2.22. The third kappa shape index (κ3) is 5.31. The molecule has 0 aromatic carbocycles. The SMILES string of the molecule is CCNC(=O)C(C)NS(=O)(=O)c1ccc(OC(C)C)nc1. The largest absolute Gasteiger partial charge is 0.475 e. The Morgan fingerprint density at radius 1 is 1.33 bits per heavy atom. The molecule has 1 aromatic rings. The van der Waals surface area contributed by atoms with Gasteiger partial charge in [-0.15, -0.1) is 0 Å². The molecule has 1 aromatic heterocycles. The number of hydrogen-bond donors (Lipinski definition) is 2. The molecule has 0 aliphatic carbocycles. The molecule has 1 atom stereocenters. The van der Waals surface area contributed by atoms with Gasteiger partial charge in [-0.2, -0.15) is 4.72 Å². The van der Waals surface area contributed by atoms with Crippen LogP contribution in [-0.2, 0) is 14.8 Å². The van der Waals surface area contributed by atoms with Crippen molar-refractivity contribution in [1.82, 2.24) is 15.0 Å². The first-order valence-corrected chi connectivity index (χ1v) is 8.17. The summed E-state index contributed by atoms with van der Waals surface area (Å²) in [5.41, 5.74) is 0. The maximum absolute atomic E-state index is 12.1. The second kappa shape index (κ2) is 7.37. The van der Waals surface area contributed by atoms with Gasteiger partial charge >= 0.3 is 0 Å². The minimum absolute atomic E-state index is 0.0187. The van der Waals surface area contributed by atoms with Crippen molar-refractivity contribution >= 4 is 15.9 Å². The number of likely N-dealkylation sites (N-methyl/N-ethyl adjacent to an activating group) is 1. The molecular formula is C13H21N3O4S. The fourth-order valence-corrected chi connectivity index (χ4v) is 2.67. The lowest BCUT2D eigenvalue weighted by Crippen LogP contribution is -2.44. The summed E-state index contributed by atoms with van der Waals surface area (Å²) < 4.78 is 31.9. The Kier molecular flexibility index (Phi) is 6.10. The molecule has 0 fully saturated rings. The molecular weight excluding hydrogens is 294 g/mol. The number of sulfonamides is 1. The van der Waals surface area contributed by atoms with Gasteiger partial charge < -0.3 is 10.1 Å². The van der Waals surface area contributed by atoms with Crippen molar-refractivity contribution in [2.75, 3.05) is 6.54 Å². The molecule has 2 N–H and O–H groups in total. The summed E-state index contributed by atoms with van der Waals surface area (Å²) in [5, 5.41) is 2.55. The molecule has 0 bridgehead atoms. The number of aromatic nitrogens is 1. The maximum atomic E-state index is 12.1. The minimum atomic E-state index is -3.80. The van der Waals surface area contributed by atoms with Crippen LogP contribution in [0.2, 0.25) is 0 Å². The van der Waals surface area contributed by atoms with Gasteiger partial charge in [-0.05, 0) is 33.8 Å². The lowest BCUT2D eigenvalue weighted by molar-refractivity contribution is -0.122. The Morgan fingerprint density at radius 3 is 2.48 bits per heavy atom. The van der Waals surface area contributed by atoms with Crippen molar-refractivity contribution in [3.8, 4) is 5.88 Å². The number of nitrogens with zero attached hydrogens (tertiary/aromatic N) is 1. The van der Waals surface area contributed by atoms with E-state index < -0.39 is 16.1 Å². The van der Waals surface area contributed by atoms with Crippen molar-refractivity contribution in [2.24, 2.45) is 0 Å². The van der Waals surface area contributed by atoms with E-state index in [0.717, 1.165) is 0 Å². The highest BCUT2D eigenvalue weighted by atomic mass is 32.2. The second-order valence-electron chi connectivity index (χ2n) is 4.74. The van der Waals surface area contributed by atoms with E-state index in [-0.39, 0.29) is 16.9 Å². The Balaban J connectivity index is 2.81. The van der Waals surface area contributed by atoms with Crippen LogP contribution in [0.25, 0.3) is 0 Å². The zero-order valence-corrected chi connectivity index (χ0v) is 13.4. The van der Waals surface area contributed by atoms with Crippen molar-refractivity contribution in [3.63, 3.8) is 0 Å². The van der Waals surface area contributed by atoms with Gasteiger partial charge in [0.25, 0.3) is 0 Å². The predicted octanol–water partition coefficient (Wildman–Crippen LogP) is 0.672. The summed E-state index contributed by atoms with van der Waals surface area (Å²) in [4.78, 5) is 15.5. The quantitative estimate of drug-likeness (QED) is 0.771. The summed E-state index contributed by atoms with van der Waals surface area (Å²) >= 11 is 0. The smallest absolute Gasteiger partial charge is 0.242 e. The van der Waals surface area contributed by atoms with Crippen LogP contribution in [-0.4, -0.2) is 38.0 Å². The van der Waals surface area contributed by atoms with E-state index in [4.69, 9.17) is 4.74 Å². The van der Waals surface area contributed by atoms with Crippen LogP contribution in [0.5, 0.6) is 5.88 Å². The van der Waals surface area contributed by atoms with E-state index in [9.17, 15) is 13.2 Å². The Bertz CT molecular complexity index is 570. The second-order valence-corrected chi connectivity index (χ2v) is 6.45. The fraction of sp³-hybridized carbons (Fsp3) is 0.538. The molecule has 0 spiro atoms. The van der Waals surface area contributed by atoms with Gasteiger partial charge in [0.1, 0.15) is 4.90 Å². The molecule has 0 aliphatic rings. The number of nitrogens with one attached hydrogen (secondary N) is 2. The summed E-state index contributed by atoms with van der Waals surface area (Å²) in [5.74, 6) is -0.0329. The molecule has 1 amide bonds. The number of pyridine rings is 1. The molecule has 7 nitrogen and oxygen atoms in total. The van der Waals surface area contributed by atoms with E-state index in [1.807, 2.05) is 13.8 Å². The van der Waals surface area contributed by atoms with E-state index in [1.54, 1.807) is 6.92 Å². The monoisotopic (exact) mass is 315 g/mol. The Hall–Kier alpha value is -1.67. The van der Waals surface area contributed by atoms with Crippen molar-refractivity contribution in [1.29, 1.82) is 0 Å². The first kappa shape index (κ1) is 17.4. The number of ether oxygens (including phenoxy) is 1. The van der Waals surface area contributed by atoms with Gasteiger partial charge in [0.2, 0.25) is 21.8 Å². The molecule has 8 heteroatoms. The van der Waals surface area contributed by atoms with E-state index in [1.165, 1.54) is 25.3 Å². The van der Waals surface area contributed by atoms with Crippen molar-refractivity contribution in [3.05, 3.63) is 18.3 Å². The molecule has 0 saturated carbocycles. The highest BCUT2D eigenvalue weighted by Crippen LogP contribution is 2.13. The lowest BCUT2D eigenvalue weighted by atomic mass is 10.3. The van der Waals surface area contributed by atoms with Gasteiger partial charge in [0.15, 0.2) is 0 Å². The molecule has 0 radical (unpaired) electrons. The van der Waals surface area contributed by atoms with Gasteiger partial charge in [0.05, 0.1) is 18.3 Å². The van der Waals surface area contributed by atoms with Gasteiger partial charge in [-0.3, -0.25) is 4.79 Å². The molecule has 0 aliphatic heterocycles. The van der Waals surface area contributed by atoms with Crippen molar-refractivity contribution in [2.45, 2.75) is 44.7 Å². The van der Waals surface area contributed by atoms with Crippen LogP contribution in [0.1, 0.15) is 27.7 Å². The third-order valence-corrected chi connectivity index (χ3v) is 3.98. The molecule has 0 saturated heterocycles. The standard InChI is InChI=1S/C13H21N3O4S/c1-5-14-13(17)10(4)16-21(18,19)11-6-7-12(15-8-11)20-9(2)3/h6-10,16H,5H2,1-4H3,(H,14,17). The molecule has 118 valence electrons. The van der Waals surface area contributed by atoms with E-state index >= 15 is 0 Å². The van der Waals surface area contributed by atoms with Crippen LogP contribution >= 0.6 is 0 Å². The lowest BCUT2D eigenvalue weighted by Gasteiger charge is -2.14. The number of rotatable bonds is 7. The average molecular weight is 315 g/mol. The maximum Gasteiger partial charge on any atom is 0.242 e. The number of amides is 1. The third-order valence-electron chi connectivity index (χ3n) is 2.45. The first-order valence-electron chi connectivity index (χ1n) is 6.69. The summed E-state index contributed by atoms with van der Waals surface area (Å²) in [6.07, 6.45) is 1.15. The summed E-state index contributed by atoms with van der Waals surface area (Å²) in [6.45, 7) is 7.38. The molecule has 1 heterocycles. The minimum Gasteiger partial charge on any atom is -0.475 e. The van der Waals surface area contributed by atoms with Crippen molar-refractivity contribution < 1.29 is 17.9 Å². The van der Waals surface area contributed by atoms with Gasteiger partial charge in [-0.1, -0.05) is 0 Å². The summed E-state index contributed by atoms with van der Waals surface area (Å²) in [6, 6.07) is 2.00. The number of carbonyl (C=O) groups excluding carboxylic acids is 1. The van der Waals surface area contributed by atoms with E-state index in [0.29, 0.717) is 12.4 Å². The molecule has 1 rings (SSSR count). The zero-order chi connectivity index (χ0) is 16.0. The van der Waals surface area contributed by atoms with Crippen LogP contribution in [0.3, 0.4) is 0 Å². The topological polar surface area (TPSA) is 97.4 Å². The normalized spacial score (nSPS) is 13.0.